The Morgan fingerprint density at radius 1 is 1.18 bits per heavy atom. The number of aliphatic hydroxyl groups is 2. The van der Waals surface area contributed by atoms with Gasteiger partial charge in [0.25, 0.3) is 0 Å². The van der Waals surface area contributed by atoms with Crippen LogP contribution >= 0.6 is 11.3 Å². The number of aliphatic hydroxyl groups excluding tert-OH is 2. The number of aliphatic carboxylic acids is 1. The van der Waals surface area contributed by atoms with Gasteiger partial charge in [0.05, 0.1) is 34.3 Å². The van der Waals surface area contributed by atoms with Crippen molar-refractivity contribution >= 4 is 23.2 Å². The van der Waals surface area contributed by atoms with Crippen molar-refractivity contribution in [3.63, 3.8) is 0 Å². The van der Waals surface area contributed by atoms with Crippen LogP contribution in [0.15, 0.2) is 29.8 Å². The second-order valence-corrected chi connectivity index (χ2v) is 12.1. The number of nitrogens with one attached hydrogen (secondary N) is 2. The van der Waals surface area contributed by atoms with Gasteiger partial charge in [0.1, 0.15) is 6.23 Å². The topological polar surface area (TPSA) is 135 Å². The maximum atomic E-state index is 13.2. The molecule has 2 aromatic rings. The first kappa shape index (κ1) is 30.2. The van der Waals surface area contributed by atoms with Gasteiger partial charge < -0.3 is 26.0 Å². The van der Waals surface area contributed by atoms with Gasteiger partial charge >= 0.3 is 5.97 Å². The number of rotatable bonds is 13. The van der Waals surface area contributed by atoms with Gasteiger partial charge in [0.2, 0.25) is 5.91 Å². The molecule has 2 unspecified atom stereocenters. The average molecular weight is 547 g/mol. The van der Waals surface area contributed by atoms with Gasteiger partial charge in [-0.15, -0.1) is 11.3 Å². The normalized spacial score (nSPS) is 19.8. The van der Waals surface area contributed by atoms with Gasteiger partial charge in [-0.05, 0) is 49.3 Å². The van der Waals surface area contributed by atoms with Crippen LogP contribution in [0.3, 0.4) is 0 Å². The third kappa shape index (κ3) is 8.31. The number of benzene rings is 1. The molecule has 4 atom stereocenters. The van der Waals surface area contributed by atoms with Crippen LogP contribution < -0.4 is 10.6 Å². The molecule has 1 amide bonds. The lowest BCUT2D eigenvalue weighted by Crippen LogP contribution is -2.59. The zero-order chi connectivity index (χ0) is 27.9. The molecule has 1 aromatic carbocycles. The zero-order valence-corrected chi connectivity index (χ0v) is 23.6. The van der Waals surface area contributed by atoms with E-state index in [-0.39, 0.29) is 36.8 Å². The summed E-state index contributed by atoms with van der Waals surface area (Å²) in [5.41, 5.74) is 4.57. The lowest BCUT2D eigenvalue weighted by Gasteiger charge is -2.41. The minimum atomic E-state index is -0.969. The molecule has 5 N–H and O–H groups in total. The van der Waals surface area contributed by atoms with E-state index in [0.717, 1.165) is 34.5 Å². The number of likely N-dealkylation sites (tertiary alicyclic amines) is 1. The summed E-state index contributed by atoms with van der Waals surface area (Å²) in [6.45, 7) is 9.26. The highest BCUT2D eigenvalue weighted by Gasteiger charge is 2.44. The molecule has 0 bridgehead atoms. The summed E-state index contributed by atoms with van der Waals surface area (Å²) in [6.07, 6.45) is 0.948. The Morgan fingerprint density at radius 2 is 1.89 bits per heavy atom. The highest BCUT2D eigenvalue weighted by atomic mass is 32.1. The zero-order valence-electron chi connectivity index (χ0n) is 22.8. The van der Waals surface area contributed by atoms with Crippen LogP contribution in [0.4, 0.5) is 0 Å². The van der Waals surface area contributed by atoms with Crippen molar-refractivity contribution < 1.29 is 24.9 Å². The summed E-state index contributed by atoms with van der Waals surface area (Å²) in [7, 11) is 0. The van der Waals surface area contributed by atoms with E-state index in [4.69, 9.17) is 5.11 Å². The molecule has 0 radical (unpaired) electrons. The summed E-state index contributed by atoms with van der Waals surface area (Å²) < 4.78 is 0. The number of carbonyl (C=O) groups excluding carboxylic acids is 1. The minimum Gasteiger partial charge on any atom is -0.481 e. The van der Waals surface area contributed by atoms with E-state index in [1.54, 1.807) is 16.2 Å². The Hall–Kier alpha value is -2.37. The van der Waals surface area contributed by atoms with Crippen LogP contribution in [0, 0.1) is 12.3 Å². The first-order valence-electron chi connectivity index (χ1n) is 13.3. The quantitative estimate of drug-likeness (QED) is 0.242. The smallest absolute Gasteiger partial charge is 0.303 e. The summed E-state index contributed by atoms with van der Waals surface area (Å²) in [5, 5.41) is 37.0. The minimum absolute atomic E-state index is 0.156. The van der Waals surface area contributed by atoms with Crippen molar-refractivity contribution in [3.05, 3.63) is 41.0 Å². The Bertz CT molecular complexity index is 1050. The van der Waals surface area contributed by atoms with Gasteiger partial charge in [0.15, 0.2) is 0 Å². The number of thiazole rings is 1. The van der Waals surface area contributed by atoms with Crippen molar-refractivity contribution in [2.75, 3.05) is 13.1 Å². The molecule has 1 aliphatic rings. The fourth-order valence-corrected chi connectivity index (χ4v) is 5.75. The van der Waals surface area contributed by atoms with Crippen LogP contribution in [0.25, 0.3) is 10.4 Å². The average Bonchev–Trinajstić information content (AvgIpc) is 3.46. The molecule has 210 valence electrons. The van der Waals surface area contributed by atoms with Crippen molar-refractivity contribution in [2.24, 2.45) is 5.41 Å². The van der Waals surface area contributed by atoms with Crippen molar-refractivity contribution in [1.82, 2.24) is 20.5 Å². The maximum absolute atomic E-state index is 13.2. The number of nitrogens with zero attached hydrogens (tertiary/aromatic N) is 2. The van der Waals surface area contributed by atoms with Gasteiger partial charge in [-0.3, -0.25) is 14.5 Å². The summed E-state index contributed by atoms with van der Waals surface area (Å²) in [5.74, 6) is -1.01. The fraction of sp³-hybridized carbons (Fsp3) is 0.607. The van der Waals surface area contributed by atoms with E-state index in [0.29, 0.717) is 19.5 Å². The van der Waals surface area contributed by atoms with E-state index >= 15 is 0 Å². The van der Waals surface area contributed by atoms with Crippen LogP contribution in [-0.2, 0) is 16.1 Å². The van der Waals surface area contributed by atoms with Crippen molar-refractivity contribution in [3.8, 4) is 10.4 Å². The Kier molecular flexibility index (Phi) is 10.8. The highest BCUT2D eigenvalue weighted by molar-refractivity contribution is 7.13. The number of hydrogen-bond acceptors (Lipinski definition) is 8. The number of aromatic nitrogens is 1. The molecule has 9 nitrogen and oxygen atoms in total. The Morgan fingerprint density at radius 3 is 2.50 bits per heavy atom. The highest BCUT2D eigenvalue weighted by Crippen LogP contribution is 2.29. The van der Waals surface area contributed by atoms with Crippen LogP contribution in [0.5, 0.6) is 0 Å². The number of hydrogen-bond donors (Lipinski definition) is 5. The first-order valence-corrected chi connectivity index (χ1v) is 14.2. The van der Waals surface area contributed by atoms with Gasteiger partial charge in [-0.2, -0.15) is 0 Å². The molecule has 2 heterocycles. The third-order valence-electron chi connectivity index (χ3n) is 7.05. The maximum Gasteiger partial charge on any atom is 0.303 e. The Labute approximate surface area is 229 Å². The monoisotopic (exact) mass is 546 g/mol. The van der Waals surface area contributed by atoms with Crippen molar-refractivity contribution in [1.29, 1.82) is 0 Å². The van der Waals surface area contributed by atoms with Crippen LogP contribution in [0.1, 0.15) is 64.1 Å². The number of aryl methyl sites for hydroxylation is 1. The van der Waals surface area contributed by atoms with E-state index in [1.165, 1.54) is 0 Å². The number of carboxylic acid groups (broad SMARTS) is 1. The second kappa shape index (κ2) is 13.6. The summed E-state index contributed by atoms with van der Waals surface area (Å²) in [4.78, 5) is 31.0. The molecule has 3 rings (SSSR count). The predicted molar refractivity (Wildman–Crippen MR) is 149 cm³/mol. The summed E-state index contributed by atoms with van der Waals surface area (Å²) >= 11 is 1.60. The second-order valence-electron chi connectivity index (χ2n) is 11.2. The van der Waals surface area contributed by atoms with E-state index in [1.807, 2.05) is 57.5 Å². The fourth-order valence-electron chi connectivity index (χ4n) is 4.93. The molecule has 1 aliphatic heterocycles. The SMILES string of the molecule is Cc1ncsc1-c1ccc(CNC(=O)[C@@H]2C[C@@H](O)CN2C(O)C(NCCCCCC(=O)O)C(C)(C)C)cc1. The van der Waals surface area contributed by atoms with E-state index in [2.05, 4.69) is 15.6 Å². The molecular formula is C28H42N4O5S. The predicted octanol–water partition coefficient (Wildman–Crippen LogP) is 3.14. The summed E-state index contributed by atoms with van der Waals surface area (Å²) in [6, 6.07) is 7.05. The largest absolute Gasteiger partial charge is 0.481 e. The molecule has 1 saturated heterocycles. The molecule has 1 fully saturated rings. The molecule has 1 aromatic heterocycles. The molecule has 0 spiro atoms. The van der Waals surface area contributed by atoms with Crippen LogP contribution in [-0.4, -0.2) is 74.6 Å². The molecule has 0 saturated carbocycles. The van der Waals surface area contributed by atoms with Gasteiger partial charge in [-0.25, -0.2) is 4.98 Å². The van der Waals surface area contributed by atoms with E-state index < -0.39 is 24.3 Å². The number of β-amino-alcohol motifs (C(OH)–C–C–N with tert-alkyl or cyclic N) is 1. The lowest BCUT2D eigenvalue weighted by molar-refractivity contribution is -0.137. The number of carboxylic acids is 1. The molecule has 10 heteroatoms. The standard InChI is InChI=1S/C28H42N4O5S/c1-18-24(38-17-31-18)20-11-9-19(10-12-20)15-30-26(36)22-14-21(33)16-32(22)27(37)25(28(2,3)4)29-13-7-5-6-8-23(34)35/h9-12,17,21-22,25,27,29,33,37H,5-8,13-16H2,1-4H3,(H,30,36)(H,34,35)/t21-,22+,25?,27?/m1/s1. The van der Waals surface area contributed by atoms with Crippen LogP contribution in [0.2, 0.25) is 0 Å². The third-order valence-corrected chi connectivity index (χ3v) is 8.03. The lowest BCUT2D eigenvalue weighted by atomic mass is 9.84. The Balaban J connectivity index is 1.58. The number of carbonyl (C=O) groups is 2. The number of amides is 1. The van der Waals surface area contributed by atoms with Crippen molar-refractivity contribution in [2.45, 2.75) is 90.8 Å². The molecular weight excluding hydrogens is 504 g/mol. The van der Waals surface area contributed by atoms with Gasteiger partial charge in [-0.1, -0.05) is 51.5 Å². The molecule has 38 heavy (non-hydrogen) atoms. The first-order chi connectivity index (χ1) is 18.0. The van der Waals surface area contributed by atoms with E-state index in [9.17, 15) is 19.8 Å². The molecule has 0 aliphatic carbocycles. The van der Waals surface area contributed by atoms with Gasteiger partial charge in [0, 0.05) is 19.5 Å². The number of unbranched alkanes of at least 4 members (excludes halogenated alkanes) is 2.